The number of hydrogen-bond acceptors (Lipinski definition) is 5. The first kappa shape index (κ1) is 13.0. The second-order valence-corrected chi connectivity index (χ2v) is 5.04. The zero-order valence-electron chi connectivity index (χ0n) is 10.8. The molecule has 5 nitrogen and oxygen atoms in total. The van der Waals surface area contributed by atoms with Gasteiger partial charge in [-0.05, 0) is 43.6 Å². The quantitative estimate of drug-likeness (QED) is 0.881. The molecule has 96 valence electrons. The van der Waals surface area contributed by atoms with Crippen LogP contribution in [0, 0.1) is 20.8 Å². The van der Waals surface area contributed by atoms with E-state index in [0.717, 1.165) is 33.3 Å². The predicted molar refractivity (Wildman–Crippen MR) is 72.5 cm³/mol. The van der Waals surface area contributed by atoms with Gasteiger partial charge in [-0.15, -0.1) is 0 Å². The Kier molecular flexibility index (Phi) is 3.65. The molecule has 1 atom stereocenters. The highest BCUT2D eigenvalue weighted by Crippen LogP contribution is 2.24. The molecule has 2 heterocycles. The molecule has 0 spiro atoms. The van der Waals surface area contributed by atoms with Crippen LogP contribution in [-0.4, -0.2) is 15.1 Å². The average Bonchev–Trinajstić information content (AvgIpc) is 2.56. The molecule has 0 aliphatic carbocycles. The fraction of sp³-hybridized carbons (Fsp3) is 0.417. The topological polar surface area (TPSA) is 63.8 Å². The zero-order chi connectivity index (χ0) is 13.3. The van der Waals surface area contributed by atoms with Crippen LogP contribution in [0.3, 0.4) is 0 Å². The van der Waals surface area contributed by atoms with E-state index in [1.54, 1.807) is 0 Å². The Balaban J connectivity index is 2.24. The van der Waals surface area contributed by atoms with Crippen LogP contribution in [0.1, 0.15) is 35.8 Å². The summed E-state index contributed by atoms with van der Waals surface area (Å²) in [5.74, 6) is 2.33. The Morgan fingerprint density at radius 3 is 2.56 bits per heavy atom. The molecule has 0 aromatic carbocycles. The summed E-state index contributed by atoms with van der Waals surface area (Å²) >= 11 is 3.36. The molecule has 0 saturated carbocycles. The lowest BCUT2D eigenvalue weighted by molar-refractivity contribution is 0.392. The van der Waals surface area contributed by atoms with Crippen LogP contribution in [0.25, 0.3) is 0 Å². The van der Waals surface area contributed by atoms with Gasteiger partial charge in [-0.3, -0.25) is 0 Å². The maximum absolute atomic E-state index is 5.17. The Morgan fingerprint density at radius 2 is 2.00 bits per heavy atom. The smallest absolute Gasteiger partial charge is 0.139 e. The lowest BCUT2D eigenvalue weighted by atomic mass is 10.1. The minimum atomic E-state index is 0.0810. The summed E-state index contributed by atoms with van der Waals surface area (Å²) < 4.78 is 5.94. The summed E-state index contributed by atoms with van der Waals surface area (Å²) in [6, 6.07) is 1.93. The van der Waals surface area contributed by atoms with Gasteiger partial charge in [0.15, 0.2) is 0 Å². The number of anilines is 1. The van der Waals surface area contributed by atoms with Crippen molar-refractivity contribution in [2.45, 2.75) is 33.7 Å². The van der Waals surface area contributed by atoms with Crippen molar-refractivity contribution in [1.82, 2.24) is 15.1 Å². The van der Waals surface area contributed by atoms with Gasteiger partial charge in [0.1, 0.15) is 22.0 Å². The van der Waals surface area contributed by atoms with E-state index in [1.165, 1.54) is 0 Å². The molecule has 0 bridgehead atoms. The molecule has 0 radical (unpaired) electrons. The normalized spacial score (nSPS) is 12.5. The van der Waals surface area contributed by atoms with Gasteiger partial charge in [0.25, 0.3) is 0 Å². The second kappa shape index (κ2) is 5.06. The molecule has 0 aliphatic heterocycles. The van der Waals surface area contributed by atoms with Crippen LogP contribution >= 0.6 is 15.9 Å². The molecular weight excluding hydrogens is 296 g/mol. The van der Waals surface area contributed by atoms with Gasteiger partial charge in [0.05, 0.1) is 11.7 Å². The van der Waals surface area contributed by atoms with E-state index < -0.39 is 0 Å². The van der Waals surface area contributed by atoms with Crippen LogP contribution in [0.4, 0.5) is 5.82 Å². The summed E-state index contributed by atoms with van der Waals surface area (Å²) in [5, 5.41) is 7.28. The number of halogens is 1. The minimum absolute atomic E-state index is 0.0810. The highest BCUT2D eigenvalue weighted by atomic mass is 79.9. The third-order valence-corrected chi connectivity index (χ3v) is 3.10. The standard InChI is InChI=1S/C12H15BrN4O/c1-6(12-7(2)17-18-8(12)3)14-11-5-10(13)15-9(4)16-11/h5-6H,1-4H3,(H,14,15,16). The van der Waals surface area contributed by atoms with Crippen molar-refractivity contribution < 1.29 is 4.52 Å². The molecule has 18 heavy (non-hydrogen) atoms. The molecule has 2 aromatic heterocycles. The first-order valence-corrected chi connectivity index (χ1v) is 6.47. The lowest BCUT2D eigenvalue weighted by Gasteiger charge is -2.14. The summed E-state index contributed by atoms with van der Waals surface area (Å²) in [5.41, 5.74) is 1.97. The van der Waals surface area contributed by atoms with Gasteiger partial charge in [0.2, 0.25) is 0 Å². The Morgan fingerprint density at radius 1 is 1.28 bits per heavy atom. The molecule has 6 heteroatoms. The molecule has 1 N–H and O–H groups in total. The summed E-state index contributed by atoms with van der Waals surface area (Å²) in [4.78, 5) is 8.51. The number of nitrogens with one attached hydrogen (secondary N) is 1. The molecule has 2 rings (SSSR count). The van der Waals surface area contributed by atoms with Gasteiger partial charge in [0, 0.05) is 11.6 Å². The molecule has 0 aliphatic rings. The highest BCUT2D eigenvalue weighted by molar-refractivity contribution is 9.10. The number of nitrogens with zero attached hydrogens (tertiary/aromatic N) is 3. The summed E-state index contributed by atoms with van der Waals surface area (Å²) in [7, 11) is 0. The van der Waals surface area contributed by atoms with Crippen LogP contribution in [0.15, 0.2) is 15.2 Å². The van der Waals surface area contributed by atoms with E-state index in [-0.39, 0.29) is 6.04 Å². The van der Waals surface area contributed by atoms with Gasteiger partial charge in [-0.2, -0.15) is 0 Å². The fourth-order valence-electron chi connectivity index (χ4n) is 2.01. The zero-order valence-corrected chi connectivity index (χ0v) is 12.4. The van der Waals surface area contributed by atoms with E-state index in [0.29, 0.717) is 0 Å². The number of hydrogen-bond donors (Lipinski definition) is 1. The maximum atomic E-state index is 5.17. The van der Waals surface area contributed by atoms with E-state index in [9.17, 15) is 0 Å². The van der Waals surface area contributed by atoms with Crippen LogP contribution in [0.5, 0.6) is 0 Å². The van der Waals surface area contributed by atoms with E-state index >= 15 is 0 Å². The summed E-state index contributed by atoms with van der Waals surface area (Å²) in [6.07, 6.45) is 0. The molecular formula is C12H15BrN4O. The third kappa shape index (κ3) is 2.69. The molecule has 1 unspecified atom stereocenters. The lowest BCUT2D eigenvalue weighted by Crippen LogP contribution is -2.10. The second-order valence-electron chi connectivity index (χ2n) is 4.23. The summed E-state index contributed by atoms with van der Waals surface area (Å²) in [6.45, 7) is 7.76. The first-order valence-electron chi connectivity index (χ1n) is 5.68. The third-order valence-electron chi connectivity index (χ3n) is 2.69. The molecule has 2 aromatic rings. The van der Waals surface area contributed by atoms with Crippen LogP contribution in [0.2, 0.25) is 0 Å². The fourth-order valence-corrected chi connectivity index (χ4v) is 2.48. The van der Waals surface area contributed by atoms with E-state index in [4.69, 9.17) is 4.52 Å². The molecule has 0 saturated heterocycles. The van der Waals surface area contributed by atoms with Gasteiger partial charge >= 0.3 is 0 Å². The average molecular weight is 311 g/mol. The molecule has 0 amide bonds. The van der Waals surface area contributed by atoms with E-state index in [1.807, 2.05) is 26.8 Å². The largest absolute Gasteiger partial charge is 0.363 e. The Bertz CT molecular complexity index is 527. The highest BCUT2D eigenvalue weighted by Gasteiger charge is 2.16. The predicted octanol–water partition coefficient (Wildman–Crippen LogP) is 3.33. The van der Waals surface area contributed by atoms with Gasteiger partial charge in [-0.1, -0.05) is 5.16 Å². The molecule has 0 fully saturated rings. The van der Waals surface area contributed by atoms with Crippen molar-refractivity contribution in [2.24, 2.45) is 0 Å². The van der Waals surface area contributed by atoms with Crippen molar-refractivity contribution in [3.05, 3.63) is 33.5 Å². The Hall–Kier alpha value is -1.43. The van der Waals surface area contributed by atoms with Crippen molar-refractivity contribution in [2.75, 3.05) is 5.32 Å². The van der Waals surface area contributed by atoms with E-state index in [2.05, 4.69) is 43.3 Å². The monoisotopic (exact) mass is 310 g/mol. The first-order chi connectivity index (χ1) is 8.47. The van der Waals surface area contributed by atoms with Crippen molar-refractivity contribution >= 4 is 21.7 Å². The number of aryl methyl sites for hydroxylation is 3. The number of rotatable bonds is 3. The van der Waals surface area contributed by atoms with Crippen molar-refractivity contribution in [1.29, 1.82) is 0 Å². The van der Waals surface area contributed by atoms with Crippen LogP contribution in [-0.2, 0) is 0 Å². The van der Waals surface area contributed by atoms with Crippen LogP contribution < -0.4 is 5.32 Å². The minimum Gasteiger partial charge on any atom is -0.363 e. The Labute approximate surface area is 114 Å². The maximum Gasteiger partial charge on any atom is 0.139 e. The van der Waals surface area contributed by atoms with Crippen molar-refractivity contribution in [3.63, 3.8) is 0 Å². The van der Waals surface area contributed by atoms with Gasteiger partial charge < -0.3 is 9.84 Å². The van der Waals surface area contributed by atoms with Gasteiger partial charge in [-0.25, -0.2) is 9.97 Å². The number of aromatic nitrogens is 3. The van der Waals surface area contributed by atoms with Crippen molar-refractivity contribution in [3.8, 4) is 0 Å². The SMILES string of the molecule is Cc1nc(Br)cc(NC(C)c2c(C)noc2C)n1.